The zero-order chi connectivity index (χ0) is 36.3. The number of carbonyl (C=O) groups is 2. The average molecular weight is 703 g/mol. The maximum absolute atomic E-state index is 12.0. The van der Waals surface area contributed by atoms with Crippen molar-refractivity contribution in [3.63, 3.8) is 0 Å². The van der Waals surface area contributed by atoms with Gasteiger partial charge in [-0.15, -0.1) is 0 Å². The number of esters is 2. The van der Waals surface area contributed by atoms with Crippen LogP contribution in [0.15, 0.2) is 24.3 Å². The van der Waals surface area contributed by atoms with E-state index in [1.165, 1.54) is 193 Å². The minimum atomic E-state index is -0.169. The molecule has 4 nitrogen and oxygen atoms in total. The molecule has 0 fully saturated rings. The molecule has 0 radical (unpaired) electrons. The van der Waals surface area contributed by atoms with Gasteiger partial charge in [0.1, 0.15) is 13.2 Å². The number of ether oxygens (including phenoxy) is 2. The lowest BCUT2D eigenvalue weighted by Crippen LogP contribution is -2.13. The summed E-state index contributed by atoms with van der Waals surface area (Å²) in [6.45, 7) is 4.91. The molecule has 0 aliphatic carbocycles. The highest BCUT2D eigenvalue weighted by molar-refractivity contribution is 5.70. The lowest BCUT2D eigenvalue weighted by atomic mass is 10.1. The van der Waals surface area contributed by atoms with Gasteiger partial charge >= 0.3 is 11.9 Å². The van der Waals surface area contributed by atoms with Crippen LogP contribution in [0, 0.1) is 0 Å². The number of carbonyl (C=O) groups excluding carboxylic acids is 2. The number of unbranched alkanes of at least 4 members (excludes halogenated alkanes) is 30. The molecule has 0 aromatic carbocycles. The van der Waals surface area contributed by atoms with E-state index in [1.807, 2.05) is 0 Å². The van der Waals surface area contributed by atoms with Crippen LogP contribution >= 0.6 is 0 Å². The van der Waals surface area contributed by atoms with Gasteiger partial charge in [0.15, 0.2) is 0 Å². The minimum absolute atomic E-state index is 0.169. The molecule has 0 aliphatic rings. The highest BCUT2D eigenvalue weighted by Gasteiger charge is 2.06. The fourth-order valence-corrected chi connectivity index (χ4v) is 6.55. The monoisotopic (exact) mass is 703 g/mol. The summed E-state index contributed by atoms with van der Waals surface area (Å²) < 4.78 is 10.5. The largest absolute Gasteiger partial charge is 0.462 e. The molecule has 0 aromatic rings. The van der Waals surface area contributed by atoms with Crippen LogP contribution in [0.3, 0.4) is 0 Å². The van der Waals surface area contributed by atoms with E-state index in [4.69, 9.17) is 9.47 Å². The number of hydrogen-bond acceptors (Lipinski definition) is 4. The van der Waals surface area contributed by atoms with Crippen LogP contribution in [-0.2, 0) is 19.1 Å². The maximum atomic E-state index is 12.0. The molecule has 50 heavy (non-hydrogen) atoms. The van der Waals surface area contributed by atoms with E-state index < -0.39 is 0 Å². The van der Waals surface area contributed by atoms with Gasteiger partial charge in [-0.2, -0.15) is 0 Å². The lowest BCUT2D eigenvalue weighted by molar-refractivity contribution is -0.152. The van der Waals surface area contributed by atoms with Gasteiger partial charge in [-0.1, -0.05) is 192 Å². The normalized spacial score (nSPS) is 11.6. The Hall–Kier alpha value is -1.58. The second-order valence-corrected chi connectivity index (χ2v) is 14.9. The first kappa shape index (κ1) is 48.4. The first-order valence-electron chi connectivity index (χ1n) is 22.3. The van der Waals surface area contributed by atoms with E-state index in [1.54, 1.807) is 0 Å². The predicted molar refractivity (Wildman–Crippen MR) is 218 cm³/mol. The van der Waals surface area contributed by atoms with Crippen molar-refractivity contribution in [3.05, 3.63) is 24.3 Å². The van der Waals surface area contributed by atoms with Crippen LogP contribution in [0.2, 0.25) is 0 Å². The molecule has 0 bridgehead atoms. The van der Waals surface area contributed by atoms with Crippen LogP contribution in [-0.4, -0.2) is 25.2 Å². The number of hydrogen-bond donors (Lipinski definition) is 0. The van der Waals surface area contributed by atoms with Gasteiger partial charge in [0.25, 0.3) is 0 Å². The molecule has 0 saturated carbocycles. The Bertz CT molecular complexity index is 680. The Kier molecular flexibility index (Phi) is 42.2. The van der Waals surface area contributed by atoms with Crippen molar-refractivity contribution in [2.24, 2.45) is 0 Å². The quantitative estimate of drug-likeness (QED) is 0.0361. The molecule has 0 amide bonds. The van der Waals surface area contributed by atoms with E-state index in [-0.39, 0.29) is 25.2 Å². The second kappa shape index (κ2) is 43.6. The summed E-state index contributed by atoms with van der Waals surface area (Å²) in [6.07, 6.45) is 54.3. The molecule has 0 atom stereocenters. The predicted octanol–water partition coefficient (Wildman–Crippen LogP) is 15.3. The molecule has 0 rings (SSSR count). The van der Waals surface area contributed by atoms with Crippen LogP contribution in [0.4, 0.5) is 0 Å². The molecule has 0 N–H and O–H groups in total. The molecule has 0 aliphatic heterocycles. The number of rotatable bonds is 41. The molecule has 4 heteroatoms. The smallest absolute Gasteiger partial charge is 0.305 e. The Morgan fingerprint density at radius 1 is 0.320 bits per heavy atom. The van der Waals surface area contributed by atoms with Crippen LogP contribution in [0.25, 0.3) is 0 Å². The van der Waals surface area contributed by atoms with E-state index in [0.29, 0.717) is 12.8 Å². The SMILES string of the molecule is CCCCCCCCC=CCCCCCCCCCCCC(=O)OCCOC(=O)CCCCCCCCCCCC=CCCCCCCCC. The summed E-state index contributed by atoms with van der Waals surface area (Å²) >= 11 is 0. The Morgan fingerprint density at radius 3 is 0.800 bits per heavy atom. The molecule has 0 saturated heterocycles. The van der Waals surface area contributed by atoms with E-state index >= 15 is 0 Å². The first-order chi connectivity index (χ1) is 24.7. The van der Waals surface area contributed by atoms with Gasteiger partial charge < -0.3 is 9.47 Å². The van der Waals surface area contributed by atoms with Gasteiger partial charge in [0.05, 0.1) is 0 Å². The third-order valence-corrected chi connectivity index (χ3v) is 9.89. The summed E-state index contributed by atoms with van der Waals surface area (Å²) in [5.41, 5.74) is 0. The summed E-state index contributed by atoms with van der Waals surface area (Å²) in [6, 6.07) is 0. The second-order valence-electron chi connectivity index (χ2n) is 14.9. The highest BCUT2D eigenvalue weighted by Crippen LogP contribution is 2.14. The van der Waals surface area contributed by atoms with Gasteiger partial charge in [-0.25, -0.2) is 0 Å². The zero-order valence-corrected chi connectivity index (χ0v) is 33.8. The van der Waals surface area contributed by atoms with Crippen molar-refractivity contribution in [3.8, 4) is 0 Å². The highest BCUT2D eigenvalue weighted by atomic mass is 16.6. The van der Waals surface area contributed by atoms with Gasteiger partial charge in [-0.05, 0) is 64.2 Å². The van der Waals surface area contributed by atoms with Gasteiger partial charge in [-0.3, -0.25) is 9.59 Å². The summed E-state index contributed by atoms with van der Waals surface area (Å²) in [5.74, 6) is -0.338. The standard InChI is InChI=1S/C46H86O4/c1-3-5-7-9-11-13-15-17-19-21-23-25-27-29-31-33-35-37-39-41-45(47)49-43-44-50-46(48)42-40-38-36-34-32-30-28-26-24-22-20-18-16-14-12-10-8-6-4-2/h17-20H,3-16,21-44H2,1-2H3. The fraction of sp³-hybridized carbons (Fsp3) is 0.870. The average Bonchev–Trinajstić information content (AvgIpc) is 3.12. The lowest BCUT2D eigenvalue weighted by Gasteiger charge is -2.07. The Morgan fingerprint density at radius 2 is 0.540 bits per heavy atom. The van der Waals surface area contributed by atoms with Crippen molar-refractivity contribution in [2.45, 2.75) is 245 Å². The van der Waals surface area contributed by atoms with Gasteiger partial charge in [0, 0.05) is 12.8 Å². The molecular weight excluding hydrogens is 617 g/mol. The van der Waals surface area contributed by atoms with Gasteiger partial charge in [0.2, 0.25) is 0 Å². The van der Waals surface area contributed by atoms with E-state index in [2.05, 4.69) is 38.2 Å². The van der Waals surface area contributed by atoms with Crippen LogP contribution < -0.4 is 0 Å². The van der Waals surface area contributed by atoms with Crippen molar-refractivity contribution in [2.75, 3.05) is 13.2 Å². The first-order valence-corrected chi connectivity index (χ1v) is 22.3. The van der Waals surface area contributed by atoms with Crippen LogP contribution in [0.5, 0.6) is 0 Å². The Labute approximate surface area is 312 Å². The topological polar surface area (TPSA) is 52.6 Å². The number of allylic oxidation sites excluding steroid dienone is 4. The molecule has 0 spiro atoms. The van der Waals surface area contributed by atoms with Crippen molar-refractivity contribution >= 4 is 11.9 Å². The maximum Gasteiger partial charge on any atom is 0.305 e. The van der Waals surface area contributed by atoms with E-state index in [0.717, 1.165) is 25.7 Å². The molecule has 0 aromatic heterocycles. The van der Waals surface area contributed by atoms with Crippen molar-refractivity contribution < 1.29 is 19.1 Å². The Balaban J connectivity index is 3.30. The third kappa shape index (κ3) is 42.6. The third-order valence-electron chi connectivity index (χ3n) is 9.89. The molecular formula is C46H86O4. The molecule has 0 unspecified atom stereocenters. The molecule has 294 valence electrons. The van der Waals surface area contributed by atoms with Crippen LogP contribution in [0.1, 0.15) is 245 Å². The minimum Gasteiger partial charge on any atom is -0.462 e. The summed E-state index contributed by atoms with van der Waals surface area (Å²) in [4.78, 5) is 23.9. The summed E-state index contributed by atoms with van der Waals surface area (Å²) in [5, 5.41) is 0. The van der Waals surface area contributed by atoms with E-state index in [9.17, 15) is 9.59 Å². The zero-order valence-electron chi connectivity index (χ0n) is 33.8. The fourth-order valence-electron chi connectivity index (χ4n) is 6.55. The summed E-state index contributed by atoms with van der Waals surface area (Å²) in [7, 11) is 0. The van der Waals surface area contributed by atoms with Crippen molar-refractivity contribution in [1.82, 2.24) is 0 Å². The molecule has 0 heterocycles. The van der Waals surface area contributed by atoms with Crippen molar-refractivity contribution in [1.29, 1.82) is 0 Å².